The van der Waals surface area contributed by atoms with Gasteiger partial charge in [0.1, 0.15) is 18.1 Å². The Labute approximate surface area is 102 Å². The zero-order valence-electron chi connectivity index (χ0n) is 9.93. The maximum atomic E-state index is 5.72. The van der Waals surface area contributed by atoms with E-state index in [1.807, 2.05) is 24.3 Å². The van der Waals surface area contributed by atoms with Crippen molar-refractivity contribution in [3.8, 4) is 11.5 Å². The largest absolute Gasteiger partial charge is 0.490 e. The summed E-state index contributed by atoms with van der Waals surface area (Å²) in [5.74, 6) is 1.64. The van der Waals surface area contributed by atoms with Crippen molar-refractivity contribution in [1.82, 2.24) is 0 Å². The quantitative estimate of drug-likeness (QED) is 0.732. The second kappa shape index (κ2) is 6.30. The lowest BCUT2D eigenvalue weighted by atomic mass is 10.2. The molecule has 3 nitrogen and oxygen atoms in total. The van der Waals surface area contributed by atoms with E-state index in [-0.39, 0.29) is 6.29 Å². The minimum absolute atomic E-state index is 0.0938. The van der Waals surface area contributed by atoms with Gasteiger partial charge in [0.05, 0.1) is 6.61 Å². The standard InChI is InChI=1S/C14H18O3/c1-2-10-15-12-6-8-13(9-7-12)17-14-5-3-4-11-16-14/h2,6-9,14H,1,3-5,10-11H2. The maximum absolute atomic E-state index is 5.72. The smallest absolute Gasteiger partial charge is 0.199 e. The second-order valence-corrected chi connectivity index (χ2v) is 3.99. The minimum atomic E-state index is -0.0938. The van der Waals surface area contributed by atoms with Crippen molar-refractivity contribution >= 4 is 0 Å². The topological polar surface area (TPSA) is 27.7 Å². The van der Waals surface area contributed by atoms with Gasteiger partial charge in [-0.1, -0.05) is 12.7 Å². The Morgan fingerprint density at radius 3 is 2.65 bits per heavy atom. The zero-order valence-corrected chi connectivity index (χ0v) is 9.93. The van der Waals surface area contributed by atoms with Crippen molar-refractivity contribution < 1.29 is 14.2 Å². The van der Waals surface area contributed by atoms with E-state index in [0.29, 0.717) is 6.61 Å². The van der Waals surface area contributed by atoms with Crippen LogP contribution >= 0.6 is 0 Å². The number of ether oxygens (including phenoxy) is 3. The van der Waals surface area contributed by atoms with E-state index >= 15 is 0 Å². The van der Waals surface area contributed by atoms with E-state index < -0.39 is 0 Å². The highest BCUT2D eigenvalue weighted by molar-refractivity contribution is 5.31. The first kappa shape index (κ1) is 12.0. The molecule has 0 amide bonds. The Hall–Kier alpha value is -1.48. The van der Waals surface area contributed by atoms with Crippen LogP contribution in [0.4, 0.5) is 0 Å². The molecule has 1 unspecified atom stereocenters. The first-order chi connectivity index (χ1) is 8.38. The molecule has 0 radical (unpaired) electrons. The Balaban J connectivity index is 1.86. The minimum Gasteiger partial charge on any atom is -0.490 e. The van der Waals surface area contributed by atoms with Crippen LogP contribution in [-0.2, 0) is 4.74 Å². The second-order valence-electron chi connectivity index (χ2n) is 3.99. The van der Waals surface area contributed by atoms with Crippen molar-refractivity contribution in [2.75, 3.05) is 13.2 Å². The third-order valence-corrected chi connectivity index (χ3v) is 2.60. The van der Waals surface area contributed by atoms with Crippen LogP contribution in [0, 0.1) is 0 Å². The summed E-state index contributed by atoms with van der Waals surface area (Å²) < 4.78 is 16.6. The van der Waals surface area contributed by atoms with Gasteiger partial charge in [0.15, 0.2) is 6.29 Å². The summed E-state index contributed by atoms with van der Waals surface area (Å²) in [4.78, 5) is 0. The van der Waals surface area contributed by atoms with Gasteiger partial charge in [-0.2, -0.15) is 0 Å². The summed E-state index contributed by atoms with van der Waals surface area (Å²) in [5.41, 5.74) is 0. The van der Waals surface area contributed by atoms with Crippen molar-refractivity contribution in [3.63, 3.8) is 0 Å². The molecule has 1 aromatic rings. The Kier molecular flexibility index (Phi) is 4.45. The SMILES string of the molecule is C=CCOc1ccc(OC2CCCCO2)cc1. The van der Waals surface area contributed by atoms with Gasteiger partial charge in [-0.3, -0.25) is 0 Å². The first-order valence-corrected chi connectivity index (χ1v) is 6.00. The summed E-state index contributed by atoms with van der Waals surface area (Å²) in [7, 11) is 0. The molecular weight excluding hydrogens is 216 g/mol. The van der Waals surface area contributed by atoms with Crippen LogP contribution in [0.3, 0.4) is 0 Å². The summed E-state index contributed by atoms with van der Waals surface area (Å²) in [6.45, 7) is 4.92. The van der Waals surface area contributed by atoms with Gasteiger partial charge in [-0.15, -0.1) is 0 Å². The summed E-state index contributed by atoms with van der Waals surface area (Å²) in [6.07, 6.45) is 4.90. The zero-order chi connectivity index (χ0) is 11.9. The van der Waals surface area contributed by atoms with Gasteiger partial charge >= 0.3 is 0 Å². The van der Waals surface area contributed by atoms with Crippen LogP contribution in [0.1, 0.15) is 19.3 Å². The molecule has 17 heavy (non-hydrogen) atoms. The fourth-order valence-corrected chi connectivity index (χ4v) is 1.73. The predicted molar refractivity (Wildman–Crippen MR) is 66.4 cm³/mol. The van der Waals surface area contributed by atoms with Crippen molar-refractivity contribution in [1.29, 1.82) is 0 Å². The maximum Gasteiger partial charge on any atom is 0.199 e. The molecule has 0 aromatic heterocycles. The number of benzene rings is 1. The Morgan fingerprint density at radius 2 is 2.00 bits per heavy atom. The van der Waals surface area contributed by atoms with Crippen LogP contribution in [-0.4, -0.2) is 19.5 Å². The third-order valence-electron chi connectivity index (χ3n) is 2.60. The third kappa shape index (κ3) is 3.79. The molecule has 1 saturated heterocycles. The van der Waals surface area contributed by atoms with E-state index in [9.17, 15) is 0 Å². The van der Waals surface area contributed by atoms with E-state index in [1.165, 1.54) is 6.42 Å². The van der Waals surface area contributed by atoms with E-state index in [1.54, 1.807) is 6.08 Å². The van der Waals surface area contributed by atoms with Crippen molar-refractivity contribution in [3.05, 3.63) is 36.9 Å². The molecule has 1 heterocycles. The van der Waals surface area contributed by atoms with Gasteiger partial charge in [0.25, 0.3) is 0 Å². The molecule has 0 saturated carbocycles. The fourth-order valence-electron chi connectivity index (χ4n) is 1.73. The highest BCUT2D eigenvalue weighted by atomic mass is 16.7. The molecule has 2 rings (SSSR count). The predicted octanol–water partition coefficient (Wildman–Crippen LogP) is 3.16. The van der Waals surface area contributed by atoms with Gasteiger partial charge in [-0.05, 0) is 37.1 Å². The van der Waals surface area contributed by atoms with Crippen LogP contribution in [0.15, 0.2) is 36.9 Å². The summed E-state index contributed by atoms with van der Waals surface area (Å²) in [6, 6.07) is 7.58. The average Bonchev–Trinajstić information content (AvgIpc) is 2.39. The lowest BCUT2D eigenvalue weighted by molar-refractivity contribution is -0.105. The van der Waals surface area contributed by atoms with Crippen molar-refractivity contribution in [2.24, 2.45) is 0 Å². The number of hydrogen-bond acceptors (Lipinski definition) is 3. The number of hydrogen-bond donors (Lipinski definition) is 0. The molecule has 0 spiro atoms. The Morgan fingerprint density at radius 1 is 1.24 bits per heavy atom. The van der Waals surface area contributed by atoms with E-state index in [2.05, 4.69) is 6.58 Å². The molecule has 92 valence electrons. The van der Waals surface area contributed by atoms with Crippen LogP contribution in [0.25, 0.3) is 0 Å². The lowest BCUT2D eigenvalue weighted by Crippen LogP contribution is -2.24. The first-order valence-electron chi connectivity index (χ1n) is 6.00. The molecular formula is C14H18O3. The monoisotopic (exact) mass is 234 g/mol. The molecule has 1 aromatic carbocycles. The molecule has 1 atom stereocenters. The molecule has 1 aliphatic heterocycles. The highest BCUT2D eigenvalue weighted by Crippen LogP contribution is 2.21. The lowest BCUT2D eigenvalue weighted by Gasteiger charge is -2.23. The van der Waals surface area contributed by atoms with Crippen LogP contribution in [0.2, 0.25) is 0 Å². The van der Waals surface area contributed by atoms with Crippen LogP contribution < -0.4 is 9.47 Å². The fraction of sp³-hybridized carbons (Fsp3) is 0.429. The van der Waals surface area contributed by atoms with Gasteiger partial charge in [0.2, 0.25) is 0 Å². The van der Waals surface area contributed by atoms with Crippen LogP contribution in [0.5, 0.6) is 11.5 Å². The average molecular weight is 234 g/mol. The molecule has 0 aliphatic carbocycles. The number of rotatable bonds is 5. The van der Waals surface area contributed by atoms with Crippen molar-refractivity contribution in [2.45, 2.75) is 25.6 Å². The van der Waals surface area contributed by atoms with E-state index in [0.717, 1.165) is 30.9 Å². The summed E-state index contributed by atoms with van der Waals surface area (Å²) >= 11 is 0. The van der Waals surface area contributed by atoms with Gasteiger partial charge in [-0.25, -0.2) is 0 Å². The van der Waals surface area contributed by atoms with Gasteiger partial charge < -0.3 is 14.2 Å². The highest BCUT2D eigenvalue weighted by Gasteiger charge is 2.14. The molecule has 0 bridgehead atoms. The molecule has 1 aliphatic rings. The summed E-state index contributed by atoms with van der Waals surface area (Å²) in [5, 5.41) is 0. The molecule has 3 heteroatoms. The van der Waals surface area contributed by atoms with E-state index in [4.69, 9.17) is 14.2 Å². The van der Waals surface area contributed by atoms with Gasteiger partial charge in [0, 0.05) is 6.42 Å². The molecule has 0 N–H and O–H groups in total. The Bertz CT molecular complexity index is 339. The normalized spacial score (nSPS) is 19.6. The molecule has 1 fully saturated rings.